The highest BCUT2D eigenvalue weighted by atomic mass is 19.1. The summed E-state index contributed by atoms with van der Waals surface area (Å²) >= 11 is 0. The molecule has 126 valence electrons. The van der Waals surface area contributed by atoms with E-state index < -0.39 is 0 Å². The molecule has 1 aromatic carbocycles. The van der Waals surface area contributed by atoms with Crippen molar-refractivity contribution in [3.05, 3.63) is 47.0 Å². The average molecular weight is 330 g/mol. The highest BCUT2D eigenvalue weighted by Gasteiger charge is 2.29. The molecule has 0 spiro atoms. The second-order valence-electron chi connectivity index (χ2n) is 6.37. The molecule has 24 heavy (non-hydrogen) atoms. The van der Waals surface area contributed by atoms with Gasteiger partial charge in [-0.2, -0.15) is 0 Å². The van der Waals surface area contributed by atoms with Gasteiger partial charge in [0.15, 0.2) is 5.69 Å². The number of rotatable bonds is 3. The Morgan fingerprint density at radius 1 is 1.25 bits per heavy atom. The lowest BCUT2D eigenvalue weighted by Crippen LogP contribution is -2.34. The molecule has 1 aliphatic heterocycles. The van der Waals surface area contributed by atoms with E-state index in [4.69, 9.17) is 4.74 Å². The van der Waals surface area contributed by atoms with E-state index in [1.54, 1.807) is 16.8 Å². The molecule has 2 aliphatic rings. The van der Waals surface area contributed by atoms with Crippen LogP contribution in [-0.4, -0.2) is 26.9 Å². The van der Waals surface area contributed by atoms with Crippen molar-refractivity contribution in [2.75, 3.05) is 0 Å². The molecule has 2 heterocycles. The van der Waals surface area contributed by atoms with Gasteiger partial charge in [-0.1, -0.05) is 30.2 Å². The second-order valence-corrected chi connectivity index (χ2v) is 6.37. The molecular formula is C17H19FN4O2. The first-order valence-electron chi connectivity index (χ1n) is 8.31. The lowest BCUT2D eigenvalue weighted by Gasteiger charge is -2.24. The minimum absolute atomic E-state index is 0.174. The van der Waals surface area contributed by atoms with Crippen LogP contribution in [0, 0.1) is 5.82 Å². The van der Waals surface area contributed by atoms with E-state index in [0.29, 0.717) is 17.9 Å². The van der Waals surface area contributed by atoms with Gasteiger partial charge < -0.3 is 10.1 Å². The quantitative estimate of drug-likeness (QED) is 0.938. The number of nitrogens with zero attached hydrogens (tertiary/aromatic N) is 3. The van der Waals surface area contributed by atoms with Gasteiger partial charge in [0.2, 0.25) is 0 Å². The van der Waals surface area contributed by atoms with E-state index in [0.717, 1.165) is 31.2 Å². The van der Waals surface area contributed by atoms with Gasteiger partial charge in [0.1, 0.15) is 11.9 Å². The molecule has 1 N–H and O–H groups in total. The predicted molar refractivity (Wildman–Crippen MR) is 83.7 cm³/mol. The Balaban J connectivity index is 1.48. The molecule has 6 nitrogen and oxygen atoms in total. The van der Waals surface area contributed by atoms with Crippen LogP contribution in [0.2, 0.25) is 0 Å². The van der Waals surface area contributed by atoms with Gasteiger partial charge in [-0.25, -0.2) is 9.07 Å². The van der Waals surface area contributed by atoms with Crippen LogP contribution < -0.4 is 5.32 Å². The molecular weight excluding hydrogens is 311 g/mol. The normalized spacial score (nSPS) is 20.8. The van der Waals surface area contributed by atoms with Gasteiger partial charge in [0, 0.05) is 6.04 Å². The zero-order valence-electron chi connectivity index (χ0n) is 13.2. The Bertz CT molecular complexity index is 738. The molecule has 1 atom stereocenters. The third kappa shape index (κ3) is 2.91. The summed E-state index contributed by atoms with van der Waals surface area (Å²) in [4.78, 5) is 12.4. The van der Waals surface area contributed by atoms with Crippen molar-refractivity contribution in [3.8, 4) is 0 Å². The number of hydrogen-bond acceptors (Lipinski definition) is 4. The zero-order valence-corrected chi connectivity index (χ0v) is 13.2. The van der Waals surface area contributed by atoms with E-state index in [2.05, 4.69) is 15.6 Å². The summed E-state index contributed by atoms with van der Waals surface area (Å²) in [5.74, 6) is -0.450. The largest absolute Gasteiger partial charge is 0.365 e. The third-order valence-electron chi connectivity index (χ3n) is 4.74. The fraction of sp³-hybridized carbons (Fsp3) is 0.471. The third-order valence-corrected chi connectivity index (χ3v) is 4.74. The Morgan fingerprint density at radius 3 is 2.75 bits per heavy atom. The van der Waals surface area contributed by atoms with E-state index in [1.165, 1.54) is 12.1 Å². The lowest BCUT2D eigenvalue weighted by atomic mass is 10.1. The van der Waals surface area contributed by atoms with Crippen LogP contribution in [-0.2, 0) is 17.9 Å². The van der Waals surface area contributed by atoms with E-state index >= 15 is 0 Å². The number of carbonyl (C=O) groups excluding carboxylic acids is 1. The molecule has 1 aliphatic carbocycles. The topological polar surface area (TPSA) is 69.0 Å². The van der Waals surface area contributed by atoms with Gasteiger partial charge in [0.05, 0.1) is 18.8 Å². The lowest BCUT2D eigenvalue weighted by molar-refractivity contribution is -0.00181. The molecule has 2 aromatic rings. The molecule has 0 radical (unpaired) electrons. The molecule has 1 aromatic heterocycles. The Morgan fingerprint density at radius 2 is 2.00 bits per heavy atom. The standard InChI is InChI=1S/C17H19FN4O2/c18-12-7-5-11(6-8-12)15-9-22-14(10-24-15)16(20-21-22)17(23)19-13-3-1-2-4-13/h5-8,13,15H,1-4,9-10H2,(H,19,23)/t15-/m1/s1. The zero-order chi connectivity index (χ0) is 16.5. The van der Waals surface area contributed by atoms with Gasteiger partial charge in [-0.15, -0.1) is 5.10 Å². The van der Waals surface area contributed by atoms with Gasteiger partial charge in [-0.3, -0.25) is 4.79 Å². The number of fused-ring (bicyclic) bond motifs is 1. The summed E-state index contributed by atoms with van der Waals surface area (Å²) in [6.07, 6.45) is 4.15. The second kappa shape index (κ2) is 6.32. The van der Waals surface area contributed by atoms with Crippen LogP contribution in [0.25, 0.3) is 0 Å². The molecule has 1 amide bonds. The summed E-state index contributed by atoms with van der Waals surface area (Å²) < 4.78 is 20.6. The first-order chi connectivity index (χ1) is 11.7. The minimum Gasteiger partial charge on any atom is -0.365 e. The van der Waals surface area contributed by atoms with Crippen molar-refractivity contribution in [1.29, 1.82) is 0 Å². The number of aromatic nitrogens is 3. The molecule has 1 fully saturated rings. The van der Waals surface area contributed by atoms with E-state index in [9.17, 15) is 9.18 Å². The van der Waals surface area contributed by atoms with Crippen LogP contribution in [0.5, 0.6) is 0 Å². The number of halogens is 1. The highest BCUT2D eigenvalue weighted by Crippen LogP contribution is 2.27. The SMILES string of the molecule is O=C(NC1CCCC1)c1nnn2c1CO[C@@H](c1ccc(F)cc1)C2. The van der Waals surface area contributed by atoms with Gasteiger partial charge >= 0.3 is 0 Å². The number of hydrogen-bond donors (Lipinski definition) is 1. The maximum Gasteiger partial charge on any atom is 0.274 e. The highest BCUT2D eigenvalue weighted by molar-refractivity contribution is 5.93. The fourth-order valence-electron chi connectivity index (χ4n) is 3.39. The summed E-state index contributed by atoms with van der Waals surface area (Å²) in [5.41, 5.74) is 1.93. The van der Waals surface area contributed by atoms with Gasteiger partial charge in [0.25, 0.3) is 5.91 Å². The van der Waals surface area contributed by atoms with E-state index in [-0.39, 0.29) is 30.5 Å². The maximum absolute atomic E-state index is 13.0. The number of benzene rings is 1. The molecule has 4 rings (SSSR count). The summed E-state index contributed by atoms with van der Waals surface area (Å²) in [6, 6.07) is 6.48. The Kier molecular flexibility index (Phi) is 4.02. The predicted octanol–water partition coefficient (Wildman–Crippen LogP) is 2.36. The number of ether oxygens (including phenoxy) is 1. The smallest absolute Gasteiger partial charge is 0.274 e. The monoisotopic (exact) mass is 330 g/mol. The van der Waals surface area contributed by atoms with E-state index in [1.807, 2.05) is 0 Å². The van der Waals surface area contributed by atoms with Crippen molar-refractivity contribution >= 4 is 5.91 Å². The molecule has 7 heteroatoms. The maximum atomic E-state index is 13.0. The molecule has 0 saturated heterocycles. The van der Waals surface area contributed by atoms with Crippen LogP contribution in [0.15, 0.2) is 24.3 Å². The first kappa shape index (κ1) is 15.3. The van der Waals surface area contributed by atoms with Crippen molar-refractivity contribution in [2.45, 2.75) is 51.0 Å². The number of amides is 1. The average Bonchev–Trinajstić information content (AvgIpc) is 3.24. The van der Waals surface area contributed by atoms with Crippen molar-refractivity contribution in [1.82, 2.24) is 20.3 Å². The van der Waals surface area contributed by atoms with Crippen molar-refractivity contribution < 1.29 is 13.9 Å². The van der Waals surface area contributed by atoms with Crippen LogP contribution >= 0.6 is 0 Å². The molecule has 1 saturated carbocycles. The van der Waals surface area contributed by atoms with Gasteiger partial charge in [-0.05, 0) is 30.5 Å². The summed E-state index contributed by atoms with van der Waals surface area (Å²) in [6.45, 7) is 0.729. The van der Waals surface area contributed by atoms with Crippen LogP contribution in [0.4, 0.5) is 4.39 Å². The number of carbonyl (C=O) groups is 1. The first-order valence-corrected chi connectivity index (χ1v) is 8.31. The van der Waals surface area contributed by atoms with Crippen LogP contribution in [0.1, 0.15) is 53.5 Å². The summed E-state index contributed by atoms with van der Waals surface area (Å²) in [7, 11) is 0. The number of nitrogens with one attached hydrogen (secondary N) is 1. The Labute approximate surface area is 139 Å². The fourth-order valence-corrected chi connectivity index (χ4v) is 3.39. The summed E-state index contributed by atoms with van der Waals surface area (Å²) in [5, 5.41) is 11.2. The minimum atomic E-state index is -0.276. The Hall–Kier alpha value is -2.28. The van der Waals surface area contributed by atoms with Crippen molar-refractivity contribution in [3.63, 3.8) is 0 Å². The van der Waals surface area contributed by atoms with Crippen LogP contribution in [0.3, 0.4) is 0 Å². The molecule has 0 bridgehead atoms. The van der Waals surface area contributed by atoms with Crippen molar-refractivity contribution in [2.24, 2.45) is 0 Å². The molecule has 0 unspecified atom stereocenters.